The molecule has 0 radical (unpaired) electrons. The zero-order chi connectivity index (χ0) is 32.8. The summed E-state index contributed by atoms with van der Waals surface area (Å²) in [5.74, 6) is 0.836. The molecule has 1 amide bonds. The van der Waals surface area contributed by atoms with E-state index in [-0.39, 0.29) is 30.8 Å². The largest absolute Gasteiger partial charge is 0.444 e. The van der Waals surface area contributed by atoms with Gasteiger partial charge in [0.05, 0.1) is 22.8 Å². The molecule has 2 fully saturated rings. The van der Waals surface area contributed by atoms with Gasteiger partial charge in [0.1, 0.15) is 30.2 Å². The second kappa shape index (κ2) is 12.5. The second-order valence-corrected chi connectivity index (χ2v) is 20.7. The molecule has 244 valence electrons. The standard InChI is InChI=1S/C33H43ClN8O3Si/c1-33(2,3)45-32(43)37-21-15-22-7-8-23(16-21)42(22)28-17-36-30-25(18-40(31(30)38-28)20-44-13-14-46(4,5)6)24-9-10-27-26(29(24)34)19-41(39-27)12-11-35/h9-10,17-19,21-23H,7-8,12-16,20H2,1-6H3,(H,37,43). The van der Waals surface area contributed by atoms with E-state index in [1.807, 2.05) is 56.1 Å². The number of nitrogens with one attached hydrogen (secondary N) is 1. The minimum absolute atomic E-state index is 0.0603. The molecular formula is C33H43ClN8O3Si. The van der Waals surface area contributed by atoms with Crippen LogP contribution in [0.1, 0.15) is 46.5 Å². The number of fused-ring (bicyclic) bond motifs is 4. The molecule has 46 heavy (non-hydrogen) atoms. The first kappa shape index (κ1) is 32.3. The molecule has 0 spiro atoms. The van der Waals surface area contributed by atoms with Crippen molar-refractivity contribution in [2.24, 2.45) is 0 Å². The molecule has 13 heteroatoms. The fourth-order valence-electron chi connectivity index (χ4n) is 6.61. The maximum Gasteiger partial charge on any atom is 0.407 e. The molecule has 4 aromatic rings. The van der Waals surface area contributed by atoms with E-state index in [0.717, 1.165) is 70.7 Å². The molecule has 1 aromatic carbocycles. The van der Waals surface area contributed by atoms with Gasteiger partial charge in [-0.2, -0.15) is 10.4 Å². The number of aromatic nitrogens is 5. The summed E-state index contributed by atoms with van der Waals surface area (Å²) in [6.45, 7) is 13.9. The van der Waals surface area contributed by atoms with Crippen molar-refractivity contribution in [2.75, 3.05) is 11.5 Å². The number of anilines is 1. The van der Waals surface area contributed by atoms with E-state index in [1.165, 1.54) is 0 Å². The van der Waals surface area contributed by atoms with Crippen LogP contribution < -0.4 is 10.2 Å². The minimum atomic E-state index is -1.25. The predicted octanol–water partition coefficient (Wildman–Crippen LogP) is 6.96. The van der Waals surface area contributed by atoms with E-state index in [9.17, 15) is 4.79 Å². The number of carbonyl (C=O) groups excluding carboxylic acids is 1. The van der Waals surface area contributed by atoms with Crippen LogP contribution in [-0.2, 0) is 22.7 Å². The number of hydrogen-bond acceptors (Lipinski definition) is 8. The van der Waals surface area contributed by atoms with Gasteiger partial charge in [0.25, 0.3) is 0 Å². The Balaban J connectivity index is 1.31. The molecular weight excluding hydrogens is 620 g/mol. The Labute approximate surface area is 275 Å². The lowest BCUT2D eigenvalue weighted by molar-refractivity contribution is 0.0492. The van der Waals surface area contributed by atoms with Crippen LogP contribution in [0.15, 0.2) is 30.7 Å². The summed E-state index contributed by atoms with van der Waals surface area (Å²) in [6.07, 6.45) is 9.08. The summed E-state index contributed by atoms with van der Waals surface area (Å²) in [7, 11) is -1.25. The Bertz CT molecular complexity index is 1790. The molecule has 2 unspecified atom stereocenters. The predicted molar refractivity (Wildman–Crippen MR) is 183 cm³/mol. The maximum absolute atomic E-state index is 12.5. The Morgan fingerprint density at radius 2 is 1.89 bits per heavy atom. The van der Waals surface area contributed by atoms with Crippen LogP contribution in [0.5, 0.6) is 0 Å². The third-order valence-corrected chi connectivity index (χ3v) is 10.8. The van der Waals surface area contributed by atoms with Crippen LogP contribution >= 0.6 is 11.6 Å². The van der Waals surface area contributed by atoms with Crippen LogP contribution in [0.25, 0.3) is 33.2 Å². The van der Waals surface area contributed by atoms with Crippen molar-refractivity contribution in [2.45, 2.75) is 109 Å². The van der Waals surface area contributed by atoms with E-state index < -0.39 is 13.7 Å². The van der Waals surface area contributed by atoms with E-state index >= 15 is 0 Å². The highest BCUT2D eigenvalue weighted by Gasteiger charge is 2.42. The lowest BCUT2D eigenvalue weighted by Crippen LogP contribution is -2.51. The highest BCUT2D eigenvalue weighted by atomic mass is 35.5. The summed E-state index contributed by atoms with van der Waals surface area (Å²) in [5, 5.41) is 18.1. The van der Waals surface area contributed by atoms with Crippen LogP contribution in [0.3, 0.4) is 0 Å². The number of halogens is 1. The Morgan fingerprint density at radius 3 is 2.57 bits per heavy atom. The number of benzene rings is 1. The van der Waals surface area contributed by atoms with Crippen molar-refractivity contribution >= 4 is 53.7 Å². The second-order valence-electron chi connectivity index (χ2n) is 14.7. The fourth-order valence-corrected chi connectivity index (χ4v) is 7.68. The number of hydrogen-bond donors (Lipinski definition) is 1. The summed E-state index contributed by atoms with van der Waals surface area (Å²) in [5.41, 5.74) is 3.38. The first-order valence-corrected chi connectivity index (χ1v) is 20.1. The lowest BCUT2D eigenvalue weighted by Gasteiger charge is -2.39. The number of rotatable bonds is 9. The fraction of sp³-hybridized carbons (Fsp3) is 0.545. The van der Waals surface area contributed by atoms with Gasteiger partial charge in [-0.15, -0.1) is 0 Å². The maximum atomic E-state index is 12.5. The molecule has 2 aliphatic rings. The average molecular weight is 663 g/mol. The van der Waals surface area contributed by atoms with E-state index in [1.54, 1.807) is 4.68 Å². The topological polar surface area (TPSA) is 123 Å². The molecule has 3 aromatic heterocycles. The normalized spacial score (nSPS) is 20.0. The Kier molecular flexibility index (Phi) is 8.78. The van der Waals surface area contributed by atoms with Crippen molar-refractivity contribution < 1.29 is 14.3 Å². The highest BCUT2D eigenvalue weighted by Crippen LogP contribution is 2.41. The van der Waals surface area contributed by atoms with Gasteiger partial charge in [0.2, 0.25) is 0 Å². The molecule has 2 aliphatic heterocycles. The lowest BCUT2D eigenvalue weighted by atomic mass is 9.97. The van der Waals surface area contributed by atoms with Crippen molar-refractivity contribution in [3.8, 4) is 17.2 Å². The first-order chi connectivity index (χ1) is 21.8. The number of ether oxygens (including phenoxy) is 2. The van der Waals surface area contributed by atoms with Crippen LogP contribution in [0, 0.1) is 11.3 Å². The summed E-state index contributed by atoms with van der Waals surface area (Å²) in [4.78, 5) is 25.1. The van der Waals surface area contributed by atoms with E-state index in [2.05, 4.69) is 41.0 Å². The number of nitriles is 1. The van der Waals surface area contributed by atoms with Crippen molar-refractivity contribution in [3.63, 3.8) is 0 Å². The Hall–Kier alpha value is -3.66. The molecule has 6 rings (SSSR count). The first-order valence-electron chi connectivity index (χ1n) is 16.0. The van der Waals surface area contributed by atoms with Crippen molar-refractivity contribution in [1.29, 1.82) is 5.26 Å². The van der Waals surface area contributed by atoms with Gasteiger partial charge in [-0.3, -0.25) is 4.68 Å². The summed E-state index contributed by atoms with van der Waals surface area (Å²) in [6, 6.07) is 7.65. The summed E-state index contributed by atoms with van der Waals surface area (Å²) >= 11 is 6.99. The van der Waals surface area contributed by atoms with Crippen LogP contribution in [0.2, 0.25) is 30.7 Å². The van der Waals surface area contributed by atoms with Gasteiger partial charge in [0, 0.05) is 61.7 Å². The molecule has 2 atom stereocenters. The van der Waals surface area contributed by atoms with Gasteiger partial charge in [-0.1, -0.05) is 37.3 Å². The van der Waals surface area contributed by atoms with E-state index in [4.69, 9.17) is 36.3 Å². The quantitative estimate of drug-likeness (QED) is 0.151. The van der Waals surface area contributed by atoms with Gasteiger partial charge in [-0.05, 0) is 58.6 Å². The minimum Gasteiger partial charge on any atom is -0.444 e. The molecule has 2 saturated heterocycles. The molecule has 0 saturated carbocycles. The number of piperidine rings is 1. The highest BCUT2D eigenvalue weighted by molar-refractivity contribution is 6.76. The SMILES string of the molecule is CC(C)(C)OC(=O)NC1CC2CCC(C1)N2c1cnc2c(-c3ccc4nn(CC#N)cc4c3Cl)cn(COCC[Si](C)(C)C)c2n1. The smallest absolute Gasteiger partial charge is 0.407 e. The monoisotopic (exact) mass is 662 g/mol. The van der Waals surface area contributed by atoms with E-state index in [0.29, 0.717) is 18.4 Å². The van der Waals surface area contributed by atoms with Gasteiger partial charge in [0.15, 0.2) is 5.65 Å². The molecule has 1 N–H and O–H groups in total. The average Bonchev–Trinajstić information content (AvgIpc) is 3.62. The third-order valence-electron chi connectivity index (χ3n) is 8.69. The zero-order valence-corrected chi connectivity index (χ0v) is 29.3. The van der Waals surface area contributed by atoms with Crippen molar-refractivity contribution in [3.05, 3.63) is 35.7 Å². The molecule has 2 bridgehead atoms. The van der Waals surface area contributed by atoms with Gasteiger partial charge >= 0.3 is 6.09 Å². The number of carbonyl (C=O) groups is 1. The van der Waals surface area contributed by atoms with Crippen LogP contribution in [0.4, 0.5) is 10.6 Å². The van der Waals surface area contributed by atoms with Crippen LogP contribution in [-0.4, -0.2) is 68.8 Å². The number of alkyl carbamates (subject to hydrolysis) is 1. The number of amides is 1. The Morgan fingerprint density at radius 1 is 1.15 bits per heavy atom. The molecule has 11 nitrogen and oxygen atoms in total. The summed E-state index contributed by atoms with van der Waals surface area (Å²) < 4.78 is 15.3. The van der Waals surface area contributed by atoms with Gasteiger partial charge < -0.3 is 24.3 Å². The molecule has 5 heterocycles. The third kappa shape index (κ3) is 6.87. The number of nitrogens with zero attached hydrogens (tertiary/aromatic N) is 7. The van der Waals surface area contributed by atoms with Gasteiger partial charge in [-0.25, -0.2) is 14.8 Å². The van der Waals surface area contributed by atoms with Crippen molar-refractivity contribution in [1.82, 2.24) is 29.6 Å². The molecule has 0 aliphatic carbocycles. The zero-order valence-electron chi connectivity index (χ0n) is 27.5.